The van der Waals surface area contributed by atoms with E-state index >= 15 is 0 Å². The molecule has 3 heterocycles. The van der Waals surface area contributed by atoms with Gasteiger partial charge in [-0.1, -0.05) is 97.1 Å². The van der Waals surface area contributed by atoms with Gasteiger partial charge in [0.15, 0.2) is 5.58 Å². The first-order valence-electron chi connectivity index (χ1n) is 16.0. The summed E-state index contributed by atoms with van der Waals surface area (Å²) in [4.78, 5) is 0. The molecule has 0 amide bonds. The number of fused-ring (bicyclic) bond motifs is 9. The third kappa shape index (κ3) is 3.95. The highest BCUT2D eigenvalue weighted by atomic mass is 16.5. The van der Waals surface area contributed by atoms with E-state index in [2.05, 4.69) is 140 Å². The van der Waals surface area contributed by atoms with Crippen molar-refractivity contribution in [3.05, 3.63) is 151 Å². The van der Waals surface area contributed by atoms with Gasteiger partial charge in [0.1, 0.15) is 28.1 Å². The summed E-state index contributed by atoms with van der Waals surface area (Å²) in [7, 11) is 0. The SMILES string of the molecule is CC12C=CC=CC1c1c(cc3c(oc4cc(-c5ccc(Nc6cccc7c6oc6ccccc67)cc5)ccc43)c1-c1ccccc1)O2. The number of allylic oxidation sites excluding steroid dienone is 2. The van der Waals surface area contributed by atoms with Crippen LogP contribution < -0.4 is 10.1 Å². The number of hydrogen-bond acceptors (Lipinski definition) is 4. The van der Waals surface area contributed by atoms with Gasteiger partial charge in [-0.2, -0.15) is 0 Å². The second-order valence-corrected chi connectivity index (χ2v) is 12.7. The Labute approximate surface area is 271 Å². The lowest BCUT2D eigenvalue weighted by Crippen LogP contribution is -2.32. The summed E-state index contributed by atoms with van der Waals surface area (Å²) in [6.07, 6.45) is 8.61. The number of benzene rings is 6. The van der Waals surface area contributed by atoms with E-state index in [0.29, 0.717) is 0 Å². The van der Waals surface area contributed by atoms with Crippen LogP contribution in [-0.2, 0) is 0 Å². The second kappa shape index (κ2) is 9.75. The molecule has 2 aromatic heterocycles. The maximum Gasteiger partial charge on any atom is 0.158 e. The van der Waals surface area contributed by atoms with Gasteiger partial charge in [-0.15, -0.1) is 0 Å². The standard InChI is InChI=1S/C43H29NO3/c1-43-23-8-7-14-34(43)40-38(47-43)25-33-31-22-19-28(24-37(31)46-42(33)39(40)27-10-3-2-4-11-27)26-17-20-29(21-18-26)44-35-15-9-13-32-30-12-5-6-16-36(30)45-41(32)35/h2-25,34,44H,1H3. The van der Waals surface area contributed by atoms with E-state index in [9.17, 15) is 0 Å². The minimum Gasteiger partial charge on any atom is -0.482 e. The molecule has 4 nitrogen and oxygen atoms in total. The molecule has 0 spiro atoms. The topological polar surface area (TPSA) is 47.5 Å². The Balaban J connectivity index is 1.04. The Morgan fingerprint density at radius 2 is 1.36 bits per heavy atom. The molecule has 8 aromatic rings. The van der Waals surface area contributed by atoms with E-state index in [4.69, 9.17) is 13.6 Å². The summed E-state index contributed by atoms with van der Waals surface area (Å²) in [6, 6.07) is 42.1. The third-order valence-electron chi connectivity index (χ3n) is 9.83. The van der Waals surface area contributed by atoms with Crippen molar-refractivity contribution in [2.75, 3.05) is 5.32 Å². The normalized spacial score (nSPS) is 18.2. The highest BCUT2D eigenvalue weighted by Gasteiger charge is 2.45. The number of hydrogen-bond donors (Lipinski definition) is 1. The van der Waals surface area contributed by atoms with E-state index in [1.165, 1.54) is 5.56 Å². The van der Waals surface area contributed by atoms with Crippen molar-refractivity contribution in [2.24, 2.45) is 0 Å². The van der Waals surface area contributed by atoms with Crippen LogP contribution in [0.5, 0.6) is 5.75 Å². The molecule has 0 bridgehead atoms. The van der Waals surface area contributed by atoms with Crippen LogP contribution in [0.4, 0.5) is 11.4 Å². The molecule has 47 heavy (non-hydrogen) atoms. The first-order valence-corrected chi connectivity index (χ1v) is 16.0. The highest BCUT2D eigenvalue weighted by molar-refractivity contribution is 6.12. The zero-order valence-corrected chi connectivity index (χ0v) is 25.7. The van der Waals surface area contributed by atoms with Gasteiger partial charge in [0, 0.05) is 44.3 Å². The van der Waals surface area contributed by atoms with E-state index in [0.717, 1.165) is 83.3 Å². The summed E-state index contributed by atoms with van der Waals surface area (Å²) in [5.74, 6) is 1.03. The molecule has 2 aliphatic rings. The van der Waals surface area contributed by atoms with Crippen LogP contribution in [0.2, 0.25) is 0 Å². The Kier molecular flexibility index (Phi) is 5.44. The van der Waals surface area contributed by atoms with Crippen LogP contribution in [0, 0.1) is 0 Å². The van der Waals surface area contributed by atoms with Crippen LogP contribution in [0.3, 0.4) is 0 Å². The molecular weight excluding hydrogens is 578 g/mol. The molecule has 10 rings (SSSR count). The molecule has 1 N–H and O–H groups in total. The van der Waals surface area contributed by atoms with Crippen molar-refractivity contribution in [1.82, 2.24) is 0 Å². The Bertz CT molecular complexity index is 2590. The molecule has 1 aliphatic heterocycles. The second-order valence-electron chi connectivity index (χ2n) is 12.7. The van der Waals surface area contributed by atoms with Gasteiger partial charge in [0.05, 0.1) is 5.69 Å². The van der Waals surface area contributed by atoms with Gasteiger partial charge >= 0.3 is 0 Å². The fourth-order valence-electron chi connectivity index (χ4n) is 7.55. The molecule has 0 saturated carbocycles. The maximum absolute atomic E-state index is 6.79. The van der Waals surface area contributed by atoms with Gasteiger partial charge in [0.2, 0.25) is 0 Å². The van der Waals surface area contributed by atoms with Gasteiger partial charge in [-0.3, -0.25) is 0 Å². The zero-order chi connectivity index (χ0) is 31.1. The van der Waals surface area contributed by atoms with Crippen LogP contribution >= 0.6 is 0 Å². The molecule has 224 valence electrons. The minimum atomic E-state index is -0.415. The molecular formula is C43H29NO3. The number of anilines is 2. The number of rotatable bonds is 4. The summed E-state index contributed by atoms with van der Waals surface area (Å²) in [5.41, 5.74) is 10.7. The number of para-hydroxylation sites is 2. The lowest BCUT2D eigenvalue weighted by Gasteiger charge is -2.27. The molecule has 2 atom stereocenters. The van der Waals surface area contributed by atoms with E-state index in [-0.39, 0.29) is 5.92 Å². The molecule has 0 fully saturated rings. The molecule has 6 aromatic carbocycles. The van der Waals surface area contributed by atoms with Crippen LogP contribution in [0.1, 0.15) is 18.4 Å². The quantitative estimate of drug-likeness (QED) is 0.216. The molecule has 0 radical (unpaired) electrons. The number of furan rings is 2. The minimum absolute atomic E-state index is 0.108. The maximum atomic E-state index is 6.79. The number of ether oxygens (including phenoxy) is 1. The van der Waals surface area contributed by atoms with Crippen LogP contribution in [0.25, 0.3) is 66.1 Å². The third-order valence-corrected chi connectivity index (χ3v) is 9.83. The van der Waals surface area contributed by atoms with Crippen LogP contribution in [0.15, 0.2) is 154 Å². The monoisotopic (exact) mass is 607 g/mol. The van der Waals surface area contributed by atoms with Crippen molar-refractivity contribution in [1.29, 1.82) is 0 Å². The van der Waals surface area contributed by atoms with Crippen molar-refractivity contribution >= 4 is 55.3 Å². The Morgan fingerprint density at radius 1 is 0.596 bits per heavy atom. The summed E-state index contributed by atoms with van der Waals surface area (Å²) in [5, 5.41) is 7.94. The average molecular weight is 608 g/mol. The summed E-state index contributed by atoms with van der Waals surface area (Å²) in [6.45, 7) is 2.17. The largest absolute Gasteiger partial charge is 0.482 e. The molecule has 4 heteroatoms. The van der Waals surface area contributed by atoms with Crippen LogP contribution in [-0.4, -0.2) is 5.60 Å². The van der Waals surface area contributed by atoms with E-state index in [1.807, 2.05) is 18.2 Å². The fourth-order valence-corrected chi connectivity index (χ4v) is 7.55. The lowest BCUT2D eigenvalue weighted by molar-refractivity contribution is 0.155. The van der Waals surface area contributed by atoms with Crippen molar-refractivity contribution in [3.8, 4) is 28.0 Å². The Hall–Kier alpha value is -6.00. The molecule has 1 aliphatic carbocycles. The zero-order valence-electron chi connectivity index (χ0n) is 25.7. The Morgan fingerprint density at radius 3 is 2.26 bits per heavy atom. The molecule has 0 saturated heterocycles. The van der Waals surface area contributed by atoms with Gasteiger partial charge in [0.25, 0.3) is 0 Å². The van der Waals surface area contributed by atoms with Gasteiger partial charge in [-0.05, 0) is 72.2 Å². The van der Waals surface area contributed by atoms with Gasteiger partial charge < -0.3 is 18.9 Å². The van der Waals surface area contributed by atoms with Gasteiger partial charge in [-0.25, -0.2) is 0 Å². The average Bonchev–Trinajstić information content (AvgIpc) is 3.76. The first-order chi connectivity index (χ1) is 23.1. The van der Waals surface area contributed by atoms with E-state index in [1.54, 1.807) is 0 Å². The molecule has 2 unspecified atom stereocenters. The van der Waals surface area contributed by atoms with E-state index < -0.39 is 5.60 Å². The van der Waals surface area contributed by atoms with Crippen molar-refractivity contribution < 1.29 is 13.6 Å². The number of nitrogens with one attached hydrogen (secondary N) is 1. The summed E-state index contributed by atoms with van der Waals surface area (Å²) < 4.78 is 19.7. The smallest absolute Gasteiger partial charge is 0.158 e. The predicted molar refractivity (Wildman–Crippen MR) is 192 cm³/mol. The van der Waals surface area contributed by atoms with Crippen molar-refractivity contribution in [2.45, 2.75) is 18.4 Å². The summed E-state index contributed by atoms with van der Waals surface area (Å²) >= 11 is 0. The first kappa shape index (κ1) is 26.2. The fraction of sp³-hybridized carbons (Fsp3) is 0.0698. The highest BCUT2D eigenvalue weighted by Crippen LogP contribution is 2.55. The lowest BCUT2D eigenvalue weighted by atomic mass is 9.79. The predicted octanol–water partition coefficient (Wildman–Crippen LogP) is 11.9. The van der Waals surface area contributed by atoms with Crippen molar-refractivity contribution in [3.63, 3.8) is 0 Å².